The zero-order valence-electron chi connectivity index (χ0n) is 13.3. The molecular formula is C17H17NO6. The first-order valence-electron chi connectivity index (χ1n) is 7.49. The number of hydrogen-bond acceptors (Lipinski definition) is 6. The van der Waals surface area contributed by atoms with Crippen LogP contribution in [0.15, 0.2) is 23.8 Å². The van der Waals surface area contributed by atoms with Crippen LogP contribution in [0.3, 0.4) is 0 Å². The van der Waals surface area contributed by atoms with Crippen LogP contribution in [0.1, 0.15) is 30.5 Å². The van der Waals surface area contributed by atoms with Gasteiger partial charge in [-0.15, -0.1) is 0 Å². The Bertz CT molecular complexity index is 753. The zero-order valence-corrected chi connectivity index (χ0v) is 13.3. The third-order valence-corrected chi connectivity index (χ3v) is 4.21. The third-order valence-electron chi connectivity index (χ3n) is 4.21. The molecule has 0 saturated carbocycles. The van der Waals surface area contributed by atoms with Crippen LogP contribution in [0.4, 0.5) is 0 Å². The number of methoxy groups -OCH3 is 1. The smallest absolute Gasteiger partial charge is 0.335 e. The molecule has 1 amide bonds. The largest absolute Gasteiger partial charge is 0.508 e. The molecule has 1 aromatic rings. The number of rotatable bonds is 2. The van der Waals surface area contributed by atoms with E-state index in [2.05, 4.69) is 0 Å². The van der Waals surface area contributed by atoms with Gasteiger partial charge in [-0.25, -0.2) is 4.79 Å². The second-order valence-corrected chi connectivity index (χ2v) is 5.79. The molecule has 2 aliphatic rings. The first kappa shape index (κ1) is 16.0. The van der Waals surface area contributed by atoms with Crippen LogP contribution in [-0.4, -0.2) is 47.6 Å². The molecule has 2 aliphatic heterocycles. The standard InChI is InChI=1S/C17H17NO6/c1-9(19)24-14-7-15(21)18-8-11(17(22)23-2)5-10-6-12(20)3-4-13(10)16(14)18/h3-6,14,16,20H,7-8H2,1-2H3/t14-,16+/m0/s1. The Kier molecular flexibility index (Phi) is 4.01. The summed E-state index contributed by atoms with van der Waals surface area (Å²) in [5.74, 6) is -1.19. The maximum absolute atomic E-state index is 12.4. The molecular weight excluding hydrogens is 314 g/mol. The van der Waals surface area contributed by atoms with Gasteiger partial charge in [0.2, 0.25) is 5.91 Å². The van der Waals surface area contributed by atoms with Crippen molar-refractivity contribution in [2.24, 2.45) is 0 Å². The minimum absolute atomic E-state index is 0.0380. The Balaban J connectivity index is 2.12. The monoisotopic (exact) mass is 331 g/mol. The fourth-order valence-corrected chi connectivity index (χ4v) is 3.26. The number of fused-ring (bicyclic) bond motifs is 3. The number of hydrogen-bond donors (Lipinski definition) is 1. The number of carbonyl (C=O) groups excluding carboxylic acids is 3. The second kappa shape index (κ2) is 5.99. The lowest BCUT2D eigenvalue weighted by Crippen LogP contribution is -2.33. The summed E-state index contributed by atoms with van der Waals surface area (Å²) >= 11 is 0. The highest BCUT2D eigenvalue weighted by atomic mass is 16.5. The third kappa shape index (κ3) is 2.73. The molecule has 126 valence electrons. The maximum atomic E-state index is 12.4. The van der Waals surface area contributed by atoms with Gasteiger partial charge in [0.05, 0.1) is 31.7 Å². The number of amides is 1. The van der Waals surface area contributed by atoms with Crippen molar-refractivity contribution >= 4 is 23.9 Å². The van der Waals surface area contributed by atoms with E-state index in [1.165, 1.54) is 31.1 Å². The van der Waals surface area contributed by atoms with Gasteiger partial charge in [0.25, 0.3) is 0 Å². The Morgan fingerprint density at radius 1 is 1.33 bits per heavy atom. The summed E-state index contributed by atoms with van der Waals surface area (Å²) in [4.78, 5) is 37.3. The summed E-state index contributed by atoms with van der Waals surface area (Å²) in [6, 6.07) is 4.18. The van der Waals surface area contributed by atoms with Crippen molar-refractivity contribution in [3.63, 3.8) is 0 Å². The van der Waals surface area contributed by atoms with Gasteiger partial charge in [-0.05, 0) is 29.3 Å². The number of phenols is 1. The lowest BCUT2D eigenvalue weighted by molar-refractivity contribution is -0.147. The van der Waals surface area contributed by atoms with Gasteiger partial charge >= 0.3 is 11.9 Å². The lowest BCUT2D eigenvalue weighted by atomic mass is 9.96. The number of aromatic hydroxyl groups is 1. The fraction of sp³-hybridized carbons (Fsp3) is 0.353. The van der Waals surface area contributed by atoms with E-state index in [0.29, 0.717) is 16.7 Å². The molecule has 7 heteroatoms. The normalized spacial score (nSPS) is 22.2. The van der Waals surface area contributed by atoms with Crippen molar-refractivity contribution in [2.45, 2.75) is 25.5 Å². The van der Waals surface area contributed by atoms with Crippen molar-refractivity contribution in [3.8, 4) is 5.75 Å². The van der Waals surface area contributed by atoms with Crippen molar-refractivity contribution in [2.75, 3.05) is 13.7 Å². The van der Waals surface area contributed by atoms with Crippen molar-refractivity contribution in [1.29, 1.82) is 0 Å². The van der Waals surface area contributed by atoms with Crippen molar-refractivity contribution in [3.05, 3.63) is 34.9 Å². The van der Waals surface area contributed by atoms with E-state index >= 15 is 0 Å². The van der Waals surface area contributed by atoms with E-state index in [-0.39, 0.29) is 24.6 Å². The molecule has 3 rings (SSSR count). The van der Waals surface area contributed by atoms with Crippen LogP contribution in [-0.2, 0) is 23.9 Å². The number of phenolic OH excluding ortho intramolecular Hbond substituents is 1. The molecule has 1 saturated heterocycles. The number of nitrogens with zero attached hydrogens (tertiary/aromatic N) is 1. The fourth-order valence-electron chi connectivity index (χ4n) is 3.26. The predicted molar refractivity (Wildman–Crippen MR) is 82.7 cm³/mol. The molecule has 1 N–H and O–H groups in total. The van der Waals surface area contributed by atoms with Crippen LogP contribution in [0.5, 0.6) is 5.75 Å². The van der Waals surface area contributed by atoms with Crippen LogP contribution in [0, 0.1) is 0 Å². The average molecular weight is 331 g/mol. The minimum atomic E-state index is -0.635. The van der Waals surface area contributed by atoms with Crippen LogP contribution in [0.2, 0.25) is 0 Å². The summed E-state index contributed by atoms with van der Waals surface area (Å²) in [6.45, 7) is 1.35. The summed E-state index contributed by atoms with van der Waals surface area (Å²) in [6.07, 6.45) is 1.01. The van der Waals surface area contributed by atoms with Crippen LogP contribution in [0.25, 0.3) is 6.08 Å². The maximum Gasteiger partial charge on any atom is 0.335 e. The molecule has 1 fully saturated rings. The van der Waals surface area contributed by atoms with E-state index in [1.54, 1.807) is 12.1 Å². The quantitative estimate of drug-likeness (QED) is 0.818. The SMILES string of the molecule is COC(=O)C1=Cc2cc(O)ccc2[C@@H]2[C@@H](OC(C)=O)CC(=O)N2C1. The Morgan fingerprint density at radius 2 is 2.08 bits per heavy atom. The number of carbonyl (C=O) groups is 3. The minimum Gasteiger partial charge on any atom is -0.508 e. The number of benzene rings is 1. The number of ether oxygens (including phenoxy) is 2. The Labute approximate surface area is 138 Å². The van der Waals surface area contributed by atoms with E-state index in [9.17, 15) is 19.5 Å². The molecule has 0 unspecified atom stereocenters. The van der Waals surface area contributed by atoms with E-state index in [4.69, 9.17) is 9.47 Å². The molecule has 1 aromatic carbocycles. The predicted octanol–water partition coefficient (Wildman–Crippen LogP) is 1.17. The van der Waals surface area contributed by atoms with Gasteiger partial charge in [0.15, 0.2) is 0 Å². The van der Waals surface area contributed by atoms with Gasteiger partial charge in [-0.2, -0.15) is 0 Å². The van der Waals surface area contributed by atoms with Gasteiger partial charge < -0.3 is 19.5 Å². The van der Waals surface area contributed by atoms with Gasteiger partial charge in [0, 0.05) is 6.92 Å². The van der Waals surface area contributed by atoms with Crippen molar-refractivity contribution < 1.29 is 29.0 Å². The molecule has 0 spiro atoms. The molecule has 24 heavy (non-hydrogen) atoms. The van der Waals surface area contributed by atoms with Gasteiger partial charge in [-0.1, -0.05) is 6.07 Å². The van der Waals surface area contributed by atoms with Crippen molar-refractivity contribution in [1.82, 2.24) is 4.90 Å². The number of esters is 2. The molecule has 2 atom stereocenters. The highest BCUT2D eigenvalue weighted by Crippen LogP contribution is 2.41. The molecule has 0 aliphatic carbocycles. The molecule has 7 nitrogen and oxygen atoms in total. The van der Waals surface area contributed by atoms with Gasteiger partial charge in [-0.3, -0.25) is 9.59 Å². The molecule has 0 aromatic heterocycles. The zero-order chi connectivity index (χ0) is 17.4. The molecule has 0 radical (unpaired) electrons. The van der Waals surface area contributed by atoms with Crippen LogP contribution >= 0.6 is 0 Å². The average Bonchev–Trinajstić information content (AvgIpc) is 2.72. The first-order valence-corrected chi connectivity index (χ1v) is 7.49. The highest BCUT2D eigenvalue weighted by molar-refractivity contribution is 5.96. The lowest BCUT2D eigenvalue weighted by Gasteiger charge is -2.27. The summed E-state index contributed by atoms with van der Waals surface area (Å²) < 4.78 is 10.1. The van der Waals surface area contributed by atoms with Gasteiger partial charge in [0.1, 0.15) is 11.9 Å². The highest BCUT2D eigenvalue weighted by Gasteiger charge is 2.45. The summed E-state index contributed by atoms with van der Waals surface area (Å²) in [5, 5.41) is 9.75. The second-order valence-electron chi connectivity index (χ2n) is 5.79. The summed E-state index contributed by atoms with van der Waals surface area (Å²) in [5.41, 5.74) is 1.60. The van der Waals surface area contributed by atoms with E-state index in [1.807, 2.05) is 0 Å². The Hall–Kier alpha value is -2.83. The molecule has 2 heterocycles. The van der Waals surface area contributed by atoms with E-state index in [0.717, 1.165) is 0 Å². The first-order chi connectivity index (χ1) is 11.4. The van der Waals surface area contributed by atoms with Crippen LogP contribution < -0.4 is 0 Å². The summed E-state index contributed by atoms with van der Waals surface area (Å²) in [7, 11) is 1.27. The Morgan fingerprint density at radius 3 is 2.75 bits per heavy atom. The topological polar surface area (TPSA) is 93.1 Å². The van der Waals surface area contributed by atoms with E-state index < -0.39 is 24.1 Å². The molecule has 0 bridgehead atoms.